The lowest BCUT2D eigenvalue weighted by Gasteiger charge is -2.34. The zero-order valence-electron chi connectivity index (χ0n) is 14.0. The lowest BCUT2D eigenvalue weighted by Crippen LogP contribution is -2.44. The Kier molecular flexibility index (Phi) is 5.29. The van der Waals surface area contributed by atoms with Gasteiger partial charge in [0.15, 0.2) is 0 Å². The summed E-state index contributed by atoms with van der Waals surface area (Å²) in [4.78, 5) is 16.2. The molecule has 0 bridgehead atoms. The van der Waals surface area contributed by atoms with Crippen LogP contribution < -0.4 is 10.2 Å². The average Bonchev–Trinajstić information content (AvgIpc) is 2.47. The van der Waals surface area contributed by atoms with E-state index < -0.39 is 0 Å². The van der Waals surface area contributed by atoms with Crippen molar-refractivity contribution >= 4 is 17.4 Å². The predicted molar refractivity (Wildman–Crippen MR) is 90.5 cm³/mol. The van der Waals surface area contributed by atoms with Gasteiger partial charge in [0, 0.05) is 44.5 Å². The van der Waals surface area contributed by atoms with Crippen molar-refractivity contribution in [3.8, 4) is 0 Å². The quantitative estimate of drug-likeness (QED) is 0.903. The summed E-state index contributed by atoms with van der Waals surface area (Å²) in [5.74, 6) is 0.178. The Morgan fingerprint density at radius 2 is 2.18 bits per heavy atom. The number of piperidine rings is 1. The summed E-state index contributed by atoms with van der Waals surface area (Å²) in [6, 6.07) is 5.85. The minimum atomic E-state index is -0.364. The number of benzene rings is 1. The lowest BCUT2D eigenvalue weighted by atomic mass is 9.94. The van der Waals surface area contributed by atoms with E-state index in [2.05, 4.69) is 10.2 Å². The SMILES string of the molecule is Cc1cc(NC(=O)N2CCCC(C(C)O)C2)ccc1N(C)C. The van der Waals surface area contributed by atoms with E-state index in [0.29, 0.717) is 6.54 Å². The number of aliphatic hydroxyl groups excluding tert-OH is 1. The van der Waals surface area contributed by atoms with Gasteiger partial charge in [0.25, 0.3) is 0 Å². The van der Waals surface area contributed by atoms with Gasteiger partial charge in [-0.2, -0.15) is 0 Å². The Morgan fingerprint density at radius 3 is 2.77 bits per heavy atom. The first-order chi connectivity index (χ1) is 10.4. The Bertz CT molecular complexity index is 529. The highest BCUT2D eigenvalue weighted by Crippen LogP contribution is 2.23. The molecule has 1 aromatic rings. The predicted octanol–water partition coefficient (Wildman–Crippen LogP) is 2.69. The topological polar surface area (TPSA) is 55.8 Å². The fraction of sp³-hybridized carbons (Fsp3) is 0.588. The maximum atomic E-state index is 12.4. The van der Waals surface area contributed by atoms with Gasteiger partial charge in [0.1, 0.15) is 0 Å². The molecule has 2 amide bonds. The van der Waals surface area contributed by atoms with E-state index in [0.717, 1.165) is 36.3 Å². The summed E-state index contributed by atoms with van der Waals surface area (Å²) >= 11 is 0. The van der Waals surface area contributed by atoms with Crippen molar-refractivity contribution in [1.82, 2.24) is 4.90 Å². The minimum Gasteiger partial charge on any atom is -0.393 e. The largest absolute Gasteiger partial charge is 0.393 e. The number of aliphatic hydroxyl groups is 1. The molecule has 0 radical (unpaired) electrons. The molecule has 22 heavy (non-hydrogen) atoms. The van der Waals surface area contributed by atoms with Crippen LogP contribution in [0.2, 0.25) is 0 Å². The highest BCUT2D eigenvalue weighted by atomic mass is 16.3. The number of hydrogen-bond donors (Lipinski definition) is 2. The first-order valence-electron chi connectivity index (χ1n) is 7.90. The van der Waals surface area contributed by atoms with Crippen LogP contribution in [0.1, 0.15) is 25.3 Å². The number of nitrogens with zero attached hydrogens (tertiary/aromatic N) is 2. The molecule has 0 spiro atoms. The van der Waals surface area contributed by atoms with E-state index in [1.807, 2.05) is 39.2 Å². The van der Waals surface area contributed by atoms with Gasteiger partial charge in [-0.1, -0.05) is 0 Å². The Balaban J connectivity index is 2.01. The van der Waals surface area contributed by atoms with E-state index in [1.54, 1.807) is 11.8 Å². The molecule has 1 saturated heterocycles. The summed E-state index contributed by atoms with van der Waals surface area (Å²) in [7, 11) is 4.01. The molecule has 5 nitrogen and oxygen atoms in total. The van der Waals surface area contributed by atoms with Gasteiger partial charge in [-0.3, -0.25) is 0 Å². The molecule has 2 atom stereocenters. The van der Waals surface area contributed by atoms with Crippen LogP contribution in [0.4, 0.5) is 16.2 Å². The number of hydrogen-bond acceptors (Lipinski definition) is 3. The molecule has 1 heterocycles. The van der Waals surface area contributed by atoms with Crippen molar-refractivity contribution in [3.05, 3.63) is 23.8 Å². The third kappa shape index (κ3) is 3.91. The first-order valence-corrected chi connectivity index (χ1v) is 7.90. The Hall–Kier alpha value is -1.75. The standard InChI is InChI=1S/C17H27N3O2/c1-12-10-15(7-8-16(12)19(3)4)18-17(22)20-9-5-6-14(11-20)13(2)21/h7-8,10,13-14,21H,5-6,9,11H2,1-4H3,(H,18,22). The molecule has 0 saturated carbocycles. The monoisotopic (exact) mass is 305 g/mol. The molecule has 1 aliphatic heterocycles. The molecule has 0 aliphatic carbocycles. The van der Waals surface area contributed by atoms with Crippen molar-refractivity contribution in [3.63, 3.8) is 0 Å². The molecule has 1 aromatic carbocycles. The summed E-state index contributed by atoms with van der Waals surface area (Å²) in [5, 5.41) is 12.7. The second-order valence-corrected chi connectivity index (χ2v) is 6.41. The Morgan fingerprint density at radius 1 is 1.45 bits per heavy atom. The number of likely N-dealkylation sites (tertiary alicyclic amines) is 1. The van der Waals surface area contributed by atoms with Crippen LogP contribution in [0.25, 0.3) is 0 Å². The minimum absolute atomic E-state index is 0.0812. The first kappa shape index (κ1) is 16.6. The molecule has 0 aromatic heterocycles. The number of carbonyl (C=O) groups is 1. The maximum Gasteiger partial charge on any atom is 0.321 e. The molecule has 122 valence electrons. The van der Waals surface area contributed by atoms with Crippen LogP contribution in [-0.4, -0.2) is 49.3 Å². The number of carbonyl (C=O) groups excluding carboxylic acids is 1. The van der Waals surface area contributed by atoms with E-state index >= 15 is 0 Å². The molecule has 2 N–H and O–H groups in total. The van der Waals surface area contributed by atoms with Crippen molar-refractivity contribution < 1.29 is 9.90 Å². The fourth-order valence-electron chi connectivity index (χ4n) is 3.03. The third-order valence-corrected chi connectivity index (χ3v) is 4.36. The van der Waals surface area contributed by atoms with E-state index in [-0.39, 0.29) is 18.1 Å². The summed E-state index contributed by atoms with van der Waals surface area (Å²) in [6.45, 7) is 5.22. The Labute approximate surface area is 132 Å². The van der Waals surface area contributed by atoms with E-state index in [1.165, 1.54) is 0 Å². The molecule has 5 heteroatoms. The van der Waals surface area contributed by atoms with Crippen LogP contribution >= 0.6 is 0 Å². The number of nitrogens with one attached hydrogen (secondary N) is 1. The normalized spacial score (nSPS) is 19.7. The van der Waals surface area contributed by atoms with Crippen LogP contribution in [0.5, 0.6) is 0 Å². The van der Waals surface area contributed by atoms with Crippen LogP contribution in [0, 0.1) is 12.8 Å². The van der Waals surface area contributed by atoms with Crippen LogP contribution in [0.3, 0.4) is 0 Å². The van der Waals surface area contributed by atoms with Gasteiger partial charge in [-0.05, 0) is 50.5 Å². The number of anilines is 2. The lowest BCUT2D eigenvalue weighted by molar-refractivity contribution is 0.0766. The smallest absolute Gasteiger partial charge is 0.321 e. The summed E-state index contributed by atoms with van der Waals surface area (Å²) < 4.78 is 0. The molecule has 1 fully saturated rings. The van der Waals surface area contributed by atoms with Gasteiger partial charge in [-0.15, -0.1) is 0 Å². The highest BCUT2D eigenvalue weighted by Gasteiger charge is 2.26. The molecule has 1 aliphatic rings. The molecular weight excluding hydrogens is 278 g/mol. The van der Waals surface area contributed by atoms with Crippen molar-refractivity contribution in [1.29, 1.82) is 0 Å². The van der Waals surface area contributed by atoms with Gasteiger partial charge in [0.2, 0.25) is 0 Å². The van der Waals surface area contributed by atoms with Gasteiger partial charge >= 0.3 is 6.03 Å². The van der Waals surface area contributed by atoms with Gasteiger partial charge in [-0.25, -0.2) is 4.79 Å². The number of amides is 2. The van der Waals surface area contributed by atoms with E-state index in [9.17, 15) is 9.90 Å². The molecular formula is C17H27N3O2. The highest BCUT2D eigenvalue weighted by molar-refractivity contribution is 5.89. The van der Waals surface area contributed by atoms with Gasteiger partial charge in [0.05, 0.1) is 6.10 Å². The third-order valence-electron chi connectivity index (χ3n) is 4.36. The summed E-state index contributed by atoms with van der Waals surface area (Å²) in [6.07, 6.45) is 1.57. The second-order valence-electron chi connectivity index (χ2n) is 6.41. The van der Waals surface area contributed by atoms with Gasteiger partial charge < -0.3 is 20.2 Å². The van der Waals surface area contributed by atoms with Crippen LogP contribution in [0.15, 0.2) is 18.2 Å². The summed E-state index contributed by atoms with van der Waals surface area (Å²) in [5.41, 5.74) is 3.08. The number of urea groups is 1. The van der Waals surface area contributed by atoms with Crippen LogP contribution in [-0.2, 0) is 0 Å². The molecule has 2 unspecified atom stereocenters. The van der Waals surface area contributed by atoms with Crippen molar-refractivity contribution in [2.45, 2.75) is 32.8 Å². The second kappa shape index (κ2) is 7.01. The zero-order valence-corrected chi connectivity index (χ0v) is 14.0. The van der Waals surface area contributed by atoms with Crippen molar-refractivity contribution in [2.75, 3.05) is 37.4 Å². The number of rotatable bonds is 3. The zero-order chi connectivity index (χ0) is 16.3. The van der Waals surface area contributed by atoms with Crippen molar-refractivity contribution in [2.24, 2.45) is 5.92 Å². The van der Waals surface area contributed by atoms with E-state index in [4.69, 9.17) is 0 Å². The molecule has 2 rings (SSSR count). The fourth-order valence-corrected chi connectivity index (χ4v) is 3.03. The maximum absolute atomic E-state index is 12.4. The average molecular weight is 305 g/mol. The number of aryl methyl sites for hydroxylation is 1.